The summed E-state index contributed by atoms with van der Waals surface area (Å²) in [5, 5.41) is 20.2. The van der Waals surface area contributed by atoms with Gasteiger partial charge in [0.1, 0.15) is 11.8 Å². The molecule has 3 rings (SSSR count). The van der Waals surface area contributed by atoms with Crippen molar-refractivity contribution in [3.05, 3.63) is 23.5 Å². The average Bonchev–Trinajstić information content (AvgIpc) is 3.23. The number of rotatable bonds is 4. The van der Waals surface area contributed by atoms with Gasteiger partial charge in [-0.15, -0.1) is 18.3 Å². The third kappa shape index (κ3) is 4.88. The molecule has 2 aromatic heterocycles. The second-order valence-electron chi connectivity index (χ2n) is 7.74. The Morgan fingerprint density at radius 3 is 2.55 bits per heavy atom. The lowest BCUT2D eigenvalue weighted by Gasteiger charge is -2.24. The number of nitrogens with zero attached hydrogens (tertiary/aromatic N) is 4. The molecule has 160 valence electrons. The number of aliphatic hydroxyl groups is 1. The van der Waals surface area contributed by atoms with E-state index in [0.29, 0.717) is 12.1 Å². The van der Waals surface area contributed by atoms with Crippen LogP contribution in [-0.4, -0.2) is 49.6 Å². The minimum atomic E-state index is -4.91. The smallest absolute Gasteiger partial charge is 0.391 e. The average molecular weight is 417 g/mol. The minimum absolute atomic E-state index is 0.136. The quantitative estimate of drug-likeness (QED) is 0.792. The normalized spacial score (nSPS) is 20.1. The molecule has 2 N–H and O–H groups in total. The van der Waals surface area contributed by atoms with Gasteiger partial charge in [0.15, 0.2) is 5.82 Å². The number of halogens is 3. The highest BCUT2D eigenvalue weighted by molar-refractivity contribution is 6.02. The van der Waals surface area contributed by atoms with Crippen LogP contribution in [0.1, 0.15) is 49.5 Å². The molecule has 1 fully saturated rings. The molecule has 1 saturated heterocycles. The van der Waals surface area contributed by atoms with Crippen LogP contribution < -0.4 is 10.1 Å². The van der Waals surface area contributed by atoms with Gasteiger partial charge < -0.3 is 19.9 Å². The number of aliphatic hydroxyl groups excluding tert-OH is 1. The summed E-state index contributed by atoms with van der Waals surface area (Å²) in [5.41, 5.74) is 0.106. The van der Waals surface area contributed by atoms with Gasteiger partial charge in [-0.2, -0.15) is 5.10 Å². The predicted molar refractivity (Wildman–Crippen MR) is 94.4 cm³/mol. The number of alkyl halides is 3. The number of carbonyl (C=O) groups is 1. The van der Waals surface area contributed by atoms with Crippen LogP contribution in [0.15, 0.2) is 12.1 Å². The molecule has 29 heavy (non-hydrogen) atoms. The number of amides is 1. The van der Waals surface area contributed by atoms with E-state index in [1.807, 2.05) is 20.8 Å². The molecule has 0 unspecified atom stereocenters. The molecule has 9 nitrogen and oxygen atoms in total. The molecule has 0 saturated carbocycles. The van der Waals surface area contributed by atoms with Crippen LogP contribution >= 0.6 is 0 Å². The van der Waals surface area contributed by atoms with Gasteiger partial charge in [0, 0.05) is 25.6 Å². The van der Waals surface area contributed by atoms with E-state index in [1.165, 1.54) is 7.05 Å². The maximum Gasteiger partial charge on any atom is 0.574 e. The maximum absolute atomic E-state index is 12.5. The number of anilines is 1. The number of nitrogens with one attached hydrogen (secondary N) is 1. The number of aromatic nitrogens is 4. The predicted octanol–water partition coefficient (Wildman–Crippen LogP) is 2.34. The van der Waals surface area contributed by atoms with Gasteiger partial charge in [-0.3, -0.25) is 14.2 Å². The first kappa shape index (κ1) is 21.1. The highest BCUT2D eigenvalue weighted by atomic mass is 19.4. The van der Waals surface area contributed by atoms with Crippen LogP contribution in [0, 0.1) is 0 Å². The fourth-order valence-corrected chi connectivity index (χ4v) is 3.04. The molecule has 2 atom stereocenters. The summed E-state index contributed by atoms with van der Waals surface area (Å²) in [7, 11) is 1.32. The molecule has 0 spiro atoms. The zero-order chi connectivity index (χ0) is 21.6. The van der Waals surface area contributed by atoms with E-state index in [1.54, 1.807) is 10.7 Å². The Bertz CT molecular complexity index is 900. The van der Waals surface area contributed by atoms with E-state index < -0.39 is 29.8 Å². The Kier molecular flexibility index (Phi) is 5.34. The van der Waals surface area contributed by atoms with Crippen molar-refractivity contribution in [2.75, 3.05) is 11.9 Å². The second-order valence-corrected chi connectivity index (χ2v) is 7.74. The standard InChI is InChI=1S/C17H22F3N5O4/c1-16(2,3)25-10(12-5-9(26)8-28-12)6-13(22-25)21-15(27)11-7-14(23-24(11)4)29-17(18,19)20/h6-7,9,12,26H,5,8H2,1-4H3,(H,21,22,27)/t9-,12-/m1/s1. The summed E-state index contributed by atoms with van der Waals surface area (Å²) >= 11 is 0. The molecule has 1 aliphatic rings. The first-order valence-corrected chi connectivity index (χ1v) is 8.85. The van der Waals surface area contributed by atoms with Crippen molar-refractivity contribution < 1.29 is 32.5 Å². The topological polar surface area (TPSA) is 103 Å². The molecule has 3 heterocycles. The number of aryl methyl sites for hydroxylation is 1. The van der Waals surface area contributed by atoms with Crippen molar-refractivity contribution >= 4 is 11.7 Å². The van der Waals surface area contributed by atoms with Crippen molar-refractivity contribution in [2.24, 2.45) is 7.05 Å². The number of hydrogen-bond donors (Lipinski definition) is 2. The molecule has 0 aromatic carbocycles. The lowest BCUT2D eigenvalue weighted by atomic mass is 10.1. The molecule has 12 heteroatoms. The molecule has 0 aliphatic carbocycles. The molecule has 1 amide bonds. The summed E-state index contributed by atoms with van der Waals surface area (Å²) < 4.78 is 49.1. The second kappa shape index (κ2) is 7.34. The van der Waals surface area contributed by atoms with Gasteiger partial charge in [-0.05, 0) is 20.8 Å². The molecule has 0 radical (unpaired) electrons. The van der Waals surface area contributed by atoms with Gasteiger partial charge >= 0.3 is 6.36 Å². The van der Waals surface area contributed by atoms with Crippen molar-refractivity contribution in [3.8, 4) is 5.88 Å². The molecule has 2 aromatic rings. The summed E-state index contributed by atoms with van der Waals surface area (Å²) in [6, 6.07) is 2.51. The van der Waals surface area contributed by atoms with E-state index in [0.717, 1.165) is 10.7 Å². The van der Waals surface area contributed by atoms with Crippen LogP contribution in [0.4, 0.5) is 19.0 Å². The maximum atomic E-state index is 12.5. The zero-order valence-corrected chi connectivity index (χ0v) is 16.3. The molecule has 1 aliphatic heterocycles. The SMILES string of the molecule is Cn1nc(OC(F)(F)F)cc1C(=O)Nc1cc([C@H]2C[C@@H](O)CO2)n(C(C)(C)C)n1. The Labute approximate surface area is 164 Å². The van der Waals surface area contributed by atoms with Crippen molar-refractivity contribution in [1.29, 1.82) is 0 Å². The third-order valence-electron chi connectivity index (χ3n) is 4.23. The Morgan fingerprint density at radius 1 is 1.31 bits per heavy atom. The van der Waals surface area contributed by atoms with E-state index in [4.69, 9.17) is 4.74 Å². The Balaban J connectivity index is 1.83. The fourth-order valence-electron chi connectivity index (χ4n) is 3.04. The van der Waals surface area contributed by atoms with E-state index in [2.05, 4.69) is 20.3 Å². The highest BCUT2D eigenvalue weighted by Gasteiger charge is 2.34. The largest absolute Gasteiger partial charge is 0.574 e. The first-order chi connectivity index (χ1) is 13.3. The van der Waals surface area contributed by atoms with Crippen molar-refractivity contribution in [1.82, 2.24) is 19.6 Å². The van der Waals surface area contributed by atoms with Crippen LogP contribution in [0.2, 0.25) is 0 Å². The van der Waals surface area contributed by atoms with Gasteiger partial charge in [0.05, 0.1) is 23.9 Å². The van der Waals surface area contributed by atoms with Crippen molar-refractivity contribution in [2.45, 2.75) is 51.3 Å². The lowest BCUT2D eigenvalue weighted by Crippen LogP contribution is -2.26. The molecular formula is C17H22F3N5O4. The summed E-state index contributed by atoms with van der Waals surface area (Å²) in [4.78, 5) is 12.5. The van der Waals surface area contributed by atoms with Gasteiger partial charge in [-0.25, -0.2) is 0 Å². The van der Waals surface area contributed by atoms with Crippen LogP contribution in [-0.2, 0) is 17.3 Å². The number of ether oxygens (including phenoxy) is 2. The summed E-state index contributed by atoms with van der Waals surface area (Å²) in [5.74, 6) is -1.24. The summed E-state index contributed by atoms with van der Waals surface area (Å²) in [6.45, 7) is 5.96. The van der Waals surface area contributed by atoms with Crippen LogP contribution in [0.25, 0.3) is 0 Å². The van der Waals surface area contributed by atoms with Crippen LogP contribution in [0.5, 0.6) is 5.88 Å². The third-order valence-corrected chi connectivity index (χ3v) is 4.23. The number of carbonyl (C=O) groups excluding carboxylic acids is 1. The molecular weight excluding hydrogens is 395 g/mol. The fraction of sp³-hybridized carbons (Fsp3) is 0.588. The van der Waals surface area contributed by atoms with E-state index in [9.17, 15) is 23.1 Å². The van der Waals surface area contributed by atoms with Gasteiger partial charge in [-0.1, -0.05) is 0 Å². The number of hydrogen-bond acceptors (Lipinski definition) is 6. The Hall–Kier alpha value is -2.60. The summed E-state index contributed by atoms with van der Waals surface area (Å²) in [6.07, 6.45) is -5.47. The van der Waals surface area contributed by atoms with Gasteiger partial charge in [0.25, 0.3) is 5.91 Å². The highest BCUT2D eigenvalue weighted by Crippen LogP contribution is 2.33. The lowest BCUT2D eigenvalue weighted by molar-refractivity contribution is -0.276. The van der Waals surface area contributed by atoms with Crippen molar-refractivity contribution in [3.63, 3.8) is 0 Å². The zero-order valence-electron chi connectivity index (χ0n) is 16.3. The monoisotopic (exact) mass is 417 g/mol. The van der Waals surface area contributed by atoms with E-state index >= 15 is 0 Å². The first-order valence-electron chi connectivity index (χ1n) is 8.85. The Morgan fingerprint density at radius 2 is 2.00 bits per heavy atom. The van der Waals surface area contributed by atoms with Crippen LogP contribution in [0.3, 0.4) is 0 Å². The minimum Gasteiger partial charge on any atom is -0.391 e. The van der Waals surface area contributed by atoms with E-state index in [-0.39, 0.29) is 24.2 Å². The molecule has 0 bridgehead atoms. The van der Waals surface area contributed by atoms with Gasteiger partial charge in [0.2, 0.25) is 5.88 Å².